The fourth-order valence-electron chi connectivity index (χ4n) is 1.07. The molecule has 1 aromatic carbocycles. The summed E-state index contributed by atoms with van der Waals surface area (Å²) in [5, 5.41) is 2.94. The smallest absolute Gasteiger partial charge is 0.153 e. The summed E-state index contributed by atoms with van der Waals surface area (Å²) in [4.78, 5) is 10.5. The summed E-state index contributed by atoms with van der Waals surface area (Å²) >= 11 is 0. The molecular formula is C9H11NO2. The van der Waals surface area contributed by atoms with E-state index in [9.17, 15) is 4.79 Å². The van der Waals surface area contributed by atoms with Crippen molar-refractivity contribution in [2.75, 3.05) is 19.5 Å². The van der Waals surface area contributed by atoms with Gasteiger partial charge in [-0.15, -0.1) is 0 Å². The van der Waals surface area contributed by atoms with Crippen LogP contribution in [-0.4, -0.2) is 20.4 Å². The van der Waals surface area contributed by atoms with Gasteiger partial charge in [0, 0.05) is 7.05 Å². The van der Waals surface area contributed by atoms with Crippen molar-refractivity contribution < 1.29 is 9.53 Å². The van der Waals surface area contributed by atoms with Crippen molar-refractivity contribution in [3.63, 3.8) is 0 Å². The summed E-state index contributed by atoms with van der Waals surface area (Å²) < 4.78 is 5.06. The van der Waals surface area contributed by atoms with Gasteiger partial charge in [-0.25, -0.2) is 0 Å². The van der Waals surface area contributed by atoms with Crippen LogP contribution < -0.4 is 10.1 Å². The molecule has 0 heterocycles. The van der Waals surface area contributed by atoms with E-state index in [1.807, 2.05) is 6.07 Å². The number of rotatable bonds is 3. The first-order valence-corrected chi connectivity index (χ1v) is 3.63. The second-order valence-electron chi connectivity index (χ2n) is 2.30. The average Bonchev–Trinajstić information content (AvgIpc) is 2.16. The zero-order chi connectivity index (χ0) is 8.97. The van der Waals surface area contributed by atoms with E-state index in [1.165, 1.54) is 0 Å². The van der Waals surface area contributed by atoms with Crippen molar-refractivity contribution in [1.82, 2.24) is 0 Å². The number of carbonyl (C=O) groups is 1. The summed E-state index contributed by atoms with van der Waals surface area (Å²) in [6.45, 7) is 0. The molecule has 0 aliphatic rings. The molecule has 0 aromatic heterocycles. The van der Waals surface area contributed by atoms with Crippen molar-refractivity contribution in [2.45, 2.75) is 0 Å². The Balaban J connectivity index is 3.21. The lowest BCUT2D eigenvalue weighted by molar-refractivity contribution is 0.112. The fourth-order valence-corrected chi connectivity index (χ4v) is 1.07. The van der Waals surface area contributed by atoms with E-state index >= 15 is 0 Å². The molecule has 3 heteroatoms. The summed E-state index contributed by atoms with van der Waals surface area (Å²) in [5.41, 5.74) is 1.38. The number of benzene rings is 1. The Morgan fingerprint density at radius 3 is 2.75 bits per heavy atom. The number of hydrogen-bond acceptors (Lipinski definition) is 3. The Bertz CT molecular complexity index is 284. The van der Waals surface area contributed by atoms with Crippen molar-refractivity contribution in [1.29, 1.82) is 0 Å². The molecular weight excluding hydrogens is 154 g/mol. The van der Waals surface area contributed by atoms with Crippen molar-refractivity contribution >= 4 is 12.0 Å². The van der Waals surface area contributed by atoms with Gasteiger partial charge < -0.3 is 10.1 Å². The highest BCUT2D eigenvalue weighted by molar-refractivity contribution is 5.83. The van der Waals surface area contributed by atoms with Crippen LogP contribution in [0.15, 0.2) is 18.2 Å². The van der Waals surface area contributed by atoms with Gasteiger partial charge in [0.2, 0.25) is 0 Å². The van der Waals surface area contributed by atoms with Gasteiger partial charge in [-0.1, -0.05) is 6.07 Å². The van der Waals surface area contributed by atoms with E-state index in [0.717, 1.165) is 12.0 Å². The molecule has 0 spiro atoms. The lowest BCUT2D eigenvalue weighted by atomic mass is 10.2. The van der Waals surface area contributed by atoms with Crippen LogP contribution >= 0.6 is 0 Å². The Morgan fingerprint density at radius 1 is 1.50 bits per heavy atom. The minimum Gasteiger partial charge on any atom is -0.494 e. The van der Waals surface area contributed by atoms with Gasteiger partial charge in [0.05, 0.1) is 18.4 Å². The fraction of sp³-hybridized carbons (Fsp3) is 0.222. The molecule has 0 saturated heterocycles. The quantitative estimate of drug-likeness (QED) is 0.690. The van der Waals surface area contributed by atoms with Gasteiger partial charge in [0.1, 0.15) is 0 Å². The van der Waals surface area contributed by atoms with Gasteiger partial charge >= 0.3 is 0 Å². The largest absolute Gasteiger partial charge is 0.494 e. The molecule has 0 radical (unpaired) electrons. The minimum atomic E-state index is 0.560. The first-order valence-electron chi connectivity index (χ1n) is 3.63. The van der Waals surface area contributed by atoms with Crippen LogP contribution in [-0.2, 0) is 0 Å². The van der Waals surface area contributed by atoms with Crippen LogP contribution in [0.25, 0.3) is 0 Å². The van der Waals surface area contributed by atoms with Crippen molar-refractivity contribution in [3.8, 4) is 5.75 Å². The SMILES string of the molecule is CNc1cccc(C=O)c1OC. The second kappa shape index (κ2) is 3.76. The molecule has 1 rings (SSSR count). The van der Waals surface area contributed by atoms with E-state index in [2.05, 4.69) is 5.32 Å². The average molecular weight is 165 g/mol. The molecule has 0 aliphatic heterocycles. The van der Waals surface area contributed by atoms with Crippen LogP contribution in [0.2, 0.25) is 0 Å². The normalized spacial score (nSPS) is 9.17. The highest BCUT2D eigenvalue weighted by atomic mass is 16.5. The van der Waals surface area contributed by atoms with Gasteiger partial charge in [-0.2, -0.15) is 0 Å². The molecule has 0 fully saturated rings. The number of aldehydes is 1. The molecule has 3 nitrogen and oxygen atoms in total. The molecule has 1 N–H and O–H groups in total. The molecule has 0 saturated carbocycles. The van der Waals surface area contributed by atoms with E-state index < -0.39 is 0 Å². The summed E-state index contributed by atoms with van der Waals surface area (Å²) in [5.74, 6) is 0.593. The zero-order valence-corrected chi connectivity index (χ0v) is 7.13. The van der Waals surface area contributed by atoms with Crippen LogP contribution in [0.3, 0.4) is 0 Å². The number of para-hydroxylation sites is 1. The minimum absolute atomic E-state index is 0.560. The molecule has 64 valence electrons. The lowest BCUT2D eigenvalue weighted by Crippen LogP contribution is -1.96. The maximum atomic E-state index is 10.5. The summed E-state index contributed by atoms with van der Waals surface area (Å²) in [6, 6.07) is 5.37. The molecule has 12 heavy (non-hydrogen) atoms. The summed E-state index contributed by atoms with van der Waals surface area (Å²) in [7, 11) is 3.33. The first kappa shape index (κ1) is 8.59. The van der Waals surface area contributed by atoms with E-state index in [1.54, 1.807) is 26.3 Å². The maximum Gasteiger partial charge on any atom is 0.153 e. The molecule has 0 aliphatic carbocycles. The maximum absolute atomic E-state index is 10.5. The topological polar surface area (TPSA) is 38.3 Å². The Morgan fingerprint density at radius 2 is 2.25 bits per heavy atom. The number of methoxy groups -OCH3 is 1. The predicted octanol–water partition coefficient (Wildman–Crippen LogP) is 1.55. The van der Waals surface area contributed by atoms with Crippen LogP contribution in [0.1, 0.15) is 10.4 Å². The molecule has 0 atom stereocenters. The Hall–Kier alpha value is -1.51. The molecule has 0 amide bonds. The Kier molecular flexibility index (Phi) is 2.69. The van der Waals surface area contributed by atoms with E-state index in [-0.39, 0.29) is 0 Å². The van der Waals surface area contributed by atoms with Crippen LogP contribution in [0.4, 0.5) is 5.69 Å². The highest BCUT2D eigenvalue weighted by Crippen LogP contribution is 2.26. The third-order valence-corrected chi connectivity index (χ3v) is 1.65. The standard InChI is InChI=1S/C9H11NO2/c1-10-8-5-3-4-7(6-11)9(8)12-2/h3-6,10H,1-2H3. The van der Waals surface area contributed by atoms with E-state index in [4.69, 9.17) is 4.74 Å². The van der Waals surface area contributed by atoms with Crippen molar-refractivity contribution in [2.24, 2.45) is 0 Å². The van der Waals surface area contributed by atoms with Crippen LogP contribution in [0.5, 0.6) is 5.75 Å². The van der Waals surface area contributed by atoms with Gasteiger partial charge in [-0.3, -0.25) is 4.79 Å². The molecule has 1 aromatic rings. The predicted molar refractivity (Wildman–Crippen MR) is 47.9 cm³/mol. The zero-order valence-electron chi connectivity index (χ0n) is 7.13. The number of carbonyl (C=O) groups excluding carboxylic acids is 1. The number of nitrogens with one attached hydrogen (secondary N) is 1. The first-order chi connectivity index (χ1) is 5.83. The van der Waals surface area contributed by atoms with Gasteiger partial charge in [0.25, 0.3) is 0 Å². The lowest BCUT2D eigenvalue weighted by Gasteiger charge is -2.08. The number of ether oxygens (including phenoxy) is 1. The molecule has 0 bridgehead atoms. The highest BCUT2D eigenvalue weighted by Gasteiger charge is 2.05. The van der Waals surface area contributed by atoms with Crippen molar-refractivity contribution in [3.05, 3.63) is 23.8 Å². The third kappa shape index (κ3) is 1.39. The van der Waals surface area contributed by atoms with E-state index in [0.29, 0.717) is 11.3 Å². The monoisotopic (exact) mass is 165 g/mol. The van der Waals surface area contributed by atoms with Crippen LogP contribution in [0, 0.1) is 0 Å². The number of hydrogen-bond donors (Lipinski definition) is 1. The summed E-state index contributed by atoms with van der Waals surface area (Å²) in [6.07, 6.45) is 0.777. The Labute approximate surface area is 71.4 Å². The third-order valence-electron chi connectivity index (χ3n) is 1.65. The number of anilines is 1. The van der Waals surface area contributed by atoms with Gasteiger partial charge in [-0.05, 0) is 12.1 Å². The van der Waals surface area contributed by atoms with Gasteiger partial charge in [0.15, 0.2) is 12.0 Å². The molecule has 0 unspecified atom stereocenters. The second-order valence-corrected chi connectivity index (χ2v) is 2.30.